The van der Waals surface area contributed by atoms with E-state index in [0.717, 1.165) is 37.6 Å². The molecule has 1 aliphatic heterocycles. The van der Waals surface area contributed by atoms with Crippen molar-refractivity contribution in [2.24, 2.45) is 0 Å². The van der Waals surface area contributed by atoms with Gasteiger partial charge in [0.25, 0.3) is 0 Å². The highest BCUT2D eigenvalue weighted by Gasteiger charge is 2.25. The molecule has 0 unspecified atom stereocenters. The number of aromatic nitrogens is 1. The van der Waals surface area contributed by atoms with Crippen LogP contribution < -0.4 is 10.2 Å². The number of hydrogen-bond donors (Lipinski definition) is 1. The molecule has 1 aromatic heterocycles. The summed E-state index contributed by atoms with van der Waals surface area (Å²) in [6.07, 6.45) is 1.81. The second-order valence-corrected chi connectivity index (χ2v) is 6.60. The zero-order valence-corrected chi connectivity index (χ0v) is 15.1. The Morgan fingerprint density at radius 1 is 1.16 bits per heavy atom. The predicted molar refractivity (Wildman–Crippen MR) is 101 cm³/mol. The molecule has 0 bridgehead atoms. The zero-order valence-electron chi connectivity index (χ0n) is 14.4. The summed E-state index contributed by atoms with van der Waals surface area (Å²) in [5.74, 6) is 1.03. The van der Waals surface area contributed by atoms with Crippen LogP contribution in [0.1, 0.15) is 12.5 Å². The molecule has 0 spiro atoms. The fourth-order valence-corrected chi connectivity index (χ4v) is 3.22. The van der Waals surface area contributed by atoms with Crippen LogP contribution in [0.5, 0.6) is 0 Å². The summed E-state index contributed by atoms with van der Waals surface area (Å²) in [4.78, 5) is 21.3. The largest absolute Gasteiger partial charge is 0.354 e. The van der Waals surface area contributed by atoms with Crippen LogP contribution >= 0.6 is 11.6 Å². The van der Waals surface area contributed by atoms with Crippen LogP contribution in [-0.4, -0.2) is 48.0 Å². The first-order valence-corrected chi connectivity index (χ1v) is 8.94. The van der Waals surface area contributed by atoms with Crippen molar-refractivity contribution in [2.75, 3.05) is 31.1 Å². The van der Waals surface area contributed by atoms with Crippen LogP contribution in [-0.2, 0) is 11.3 Å². The minimum Gasteiger partial charge on any atom is -0.354 e. The van der Waals surface area contributed by atoms with E-state index in [1.807, 2.05) is 55.6 Å². The standard InChI is InChI=1S/C19H23ClN4O/c1-15(19(25)22-14-16-6-2-3-7-17(16)20)23-10-12-24(13-11-23)18-8-4-5-9-21-18/h2-9,15H,10-14H2,1H3,(H,22,25)/t15-/m0/s1. The van der Waals surface area contributed by atoms with Crippen LogP contribution in [0.4, 0.5) is 5.82 Å². The Morgan fingerprint density at radius 2 is 1.88 bits per heavy atom. The quantitative estimate of drug-likeness (QED) is 0.892. The molecule has 132 valence electrons. The normalized spacial score (nSPS) is 16.5. The molecular weight excluding hydrogens is 336 g/mol. The third-order valence-electron chi connectivity index (χ3n) is 4.63. The number of carbonyl (C=O) groups is 1. The Morgan fingerprint density at radius 3 is 2.56 bits per heavy atom. The van der Waals surface area contributed by atoms with Crippen molar-refractivity contribution in [1.82, 2.24) is 15.2 Å². The first kappa shape index (κ1) is 17.7. The van der Waals surface area contributed by atoms with E-state index in [1.165, 1.54) is 0 Å². The van der Waals surface area contributed by atoms with E-state index < -0.39 is 0 Å². The molecule has 1 amide bonds. The molecule has 0 saturated carbocycles. The Balaban J connectivity index is 1.49. The van der Waals surface area contributed by atoms with Gasteiger partial charge in [-0.2, -0.15) is 0 Å². The van der Waals surface area contributed by atoms with Gasteiger partial charge in [-0.15, -0.1) is 0 Å². The lowest BCUT2D eigenvalue weighted by Crippen LogP contribution is -2.54. The summed E-state index contributed by atoms with van der Waals surface area (Å²) in [7, 11) is 0. The van der Waals surface area contributed by atoms with Gasteiger partial charge in [-0.1, -0.05) is 35.9 Å². The Labute approximate surface area is 153 Å². The second-order valence-electron chi connectivity index (χ2n) is 6.20. The van der Waals surface area contributed by atoms with E-state index in [0.29, 0.717) is 11.6 Å². The lowest BCUT2D eigenvalue weighted by atomic mass is 10.2. The number of benzene rings is 1. The van der Waals surface area contributed by atoms with Crippen molar-refractivity contribution in [3.63, 3.8) is 0 Å². The van der Waals surface area contributed by atoms with E-state index in [9.17, 15) is 4.79 Å². The lowest BCUT2D eigenvalue weighted by molar-refractivity contribution is -0.126. The smallest absolute Gasteiger partial charge is 0.237 e. The number of pyridine rings is 1. The van der Waals surface area contributed by atoms with Gasteiger partial charge in [-0.05, 0) is 30.7 Å². The predicted octanol–water partition coefficient (Wildman–Crippen LogP) is 2.56. The van der Waals surface area contributed by atoms with E-state index >= 15 is 0 Å². The molecule has 0 aliphatic carbocycles. The summed E-state index contributed by atoms with van der Waals surface area (Å²) in [5.41, 5.74) is 0.935. The minimum atomic E-state index is -0.159. The third kappa shape index (κ3) is 4.50. The Hall–Kier alpha value is -2.11. The topological polar surface area (TPSA) is 48.5 Å². The number of halogens is 1. The maximum atomic E-state index is 12.5. The van der Waals surface area contributed by atoms with E-state index in [4.69, 9.17) is 11.6 Å². The number of piperazine rings is 1. The molecule has 1 aliphatic rings. The maximum absolute atomic E-state index is 12.5. The van der Waals surface area contributed by atoms with Crippen molar-refractivity contribution in [3.05, 3.63) is 59.2 Å². The third-order valence-corrected chi connectivity index (χ3v) is 4.99. The first-order valence-electron chi connectivity index (χ1n) is 8.56. The molecule has 0 radical (unpaired) electrons. The van der Waals surface area contributed by atoms with Crippen molar-refractivity contribution in [3.8, 4) is 0 Å². The van der Waals surface area contributed by atoms with Gasteiger partial charge in [-0.3, -0.25) is 9.69 Å². The first-order chi connectivity index (χ1) is 12.1. The molecule has 2 heterocycles. The summed E-state index contributed by atoms with van der Waals surface area (Å²) in [6, 6.07) is 13.4. The molecule has 1 aromatic carbocycles. The van der Waals surface area contributed by atoms with Gasteiger partial charge in [0.15, 0.2) is 0 Å². The SMILES string of the molecule is C[C@@H](C(=O)NCc1ccccc1Cl)N1CCN(c2ccccn2)CC1. The molecule has 1 atom stereocenters. The molecule has 5 nitrogen and oxygen atoms in total. The number of hydrogen-bond acceptors (Lipinski definition) is 4. The van der Waals surface area contributed by atoms with Gasteiger partial charge in [0.05, 0.1) is 6.04 Å². The number of amides is 1. The average Bonchev–Trinajstić information content (AvgIpc) is 2.67. The Bertz CT molecular complexity index is 702. The van der Waals surface area contributed by atoms with Gasteiger partial charge in [0, 0.05) is 43.9 Å². The van der Waals surface area contributed by atoms with Gasteiger partial charge in [0.1, 0.15) is 5.82 Å². The highest BCUT2D eigenvalue weighted by molar-refractivity contribution is 6.31. The number of rotatable bonds is 5. The average molecular weight is 359 g/mol. The molecular formula is C19H23ClN4O. The number of carbonyl (C=O) groups excluding carboxylic acids is 1. The highest BCUT2D eigenvalue weighted by Crippen LogP contribution is 2.16. The van der Waals surface area contributed by atoms with Gasteiger partial charge in [-0.25, -0.2) is 4.98 Å². The molecule has 1 fully saturated rings. The van der Waals surface area contributed by atoms with Gasteiger partial charge < -0.3 is 10.2 Å². The van der Waals surface area contributed by atoms with Crippen LogP contribution in [0.2, 0.25) is 5.02 Å². The van der Waals surface area contributed by atoms with E-state index in [-0.39, 0.29) is 11.9 Å². The number of anilines is 1. The van der Waals surface area contributed by atoms with Crippen molar-refractivity contribution >= 4 is 23.3 Å². The molecule has 2 aromatic rings. The zero-order chi connectivity index (χ0) is 17.6. The number of nitrogens with one attached hydrogen (secondary N) is 1. The van der Waals surface area contributed by atoms with Crippen molar-refractivity contribution in [1.29, 1.82) is 0 Å². The molecule has 25 heavy (non-hydrogen) atoms. The molecule has 6 heteroatoms. The van der Waals surface area contributed by atoms with Crippen LogP contribution in [0.3, 0.4) is 0 Å². The highest BCUT2D eigenvalue weighted by atomic mass is 35.5. The van der Waals surface area contributed by atoms with Crippen molar-refractivity contribution in [2.45, 2.75) is 19.5 Å². The summed E-state index contributed by atoms with van der Waals surface area (Å²) in [5, 5.41) is 3.67. The second kappa shape index (κ2) is 8.32. The fourth-order valence-electron chi connectivity index (χ4n) is 3.02. The van der Waals surface area contributed by atoms with Crippen molar-refractivity contribution < 1.29 is 4.79 Å². The van der Waals surface area contributed by atoms with E-state index in [2.05, 4.69) is 20.1 Å². The summed E-state index contributed by atoms with van der Waals surface area (Å²) in [6.45, 7) is 5.85. The fraction of sp³-hybridized carbons (Fsp3) is 0.368. The van der Waals surface area contributed by atoms with E-state index in [1.54, 1.807) is 0 Å². The molecule has 1 saturated heterocycles. The minimum absolute atomic E-state index is 0.0335. The maximum Gasteiger partial charge on any atom is 0.237 e. The van der Waals surface area contributed by atoms with Crippen LogP contribution in [0.25, 0.3) is 0 Å². The summed E-state index contributed by atoms with van der Waals surface area (Å²) >= 11 is 6.14. The molecule has 1 N–H and O–H groups in total. The van der Waals surface area contributed by atoms with Crippen LogP contribution in [0.15, 0.2) is 48.7 Å². The number of nitrogens with zero attached hydrogens (tertiary/aromatic N) is 3. The Kier molecular flexibility index (Phi) is 5.89. The van der Waals surface area contributed by atoms with Gasteiger partial charge >= 0.3 is 0 Å². The molecule has 3 rings (SSSR count). The van der Waals surface area contributed by atoms with Crippen LogP contribution in [0, 0.1) is 0 Å². The van der Waals surface area contributed by atoms with Gasteiger partial charge in [0.2, 0.25) is 5.91 Å². The lowest BCUT2D eigenvalue weighted by Gasteiger charge is -2.37. The monoisotopic (exact) mass is 358 g/mol. The summed E-state index contributed by atoms with van der Waals surface area (Å²) < 4.78 is 0.